The van der Waals surface area contributed by atoms with Gasteiger partial charge in [0, 0.05) is 29.2 Å². The molecule has 112 valence electrons. The molecule has 0 radical (unpaired) electrons. The van der Waals surface area contributed by atoms with Crippen molar-refractivity contribution in [3.8, 4) is 0 Å². The number of hydrogen-bond acceptors (Lipinski definition) is 5. The van der Waals surface area contributed by atoms with Gasteiger partial charge in [0.2, 0.25) is 0 Å². The van der Waals surface area contributed by atoms with Gasteiger partial charge in [-0.3, -0.25) is 0 Å². The fourth-order valence-corrected chi connectivity index (χ4v) is 3.81. The summed E-state index contributed by atoms with van der Waals surface area (Å²) in [5, 5.41) is 12.4. The predicted molar refractivity (Wildman–Crippen MR) is 85.8 cm³/mol. The van der Waals surface area contributed by atoms with Crippen LogP contribution in [0.15, 0.2) is 23.6 Å². The summed E-state index contributed by atoms with van der Waals surface area (Å²) in [6, 6.07) is 6.40. The molecule has 0 bridgehead atoms. The highest BCUT2D eigenvalue weighted by atomic mass is 32.1. The molecule has 3 rings (SSSR count). The largest absolute Gasteiger partial charge is 0.387 e. The summed E-state index contributed by atoms with van der Waals surface area (Å²) in [4.78, 5) is 12.3. The average Bonchev–Trinajstić information content (AvgIpc) is 3.08. The van der Waals surface area contributed by atoms with E-state index in [1.807, 2.05) is 37.4 Å². The summed E-state index contributed by atoms with van der Waals surface area (Å²) in [5.41, 5.74) is 1.00. The molecular weight excluding hydrogens is 282 g/mol. The van der Waals surface area contributed by atoms with Crippen molar-refractivity contribution in [2.45, 2.75) is 45.3 Å². The van der Waals surface area contributed by atoms with Gasteiger partial charge in [0.05, 0.1) is 6.10 Å². The van der Waals surface area contributed by atoms with E-state index in [0.717, 1.165) is 48.0 Å². The Morgan fingerprint density at radius 2 is 2.29 bits per heavy atom. The van der Waals surface area contributed by atoms with Gasteiger partial charge in [-0.25, -0.2) is 9.97 Å². The van der Waals surface area contributed by atoms with Gasteiger partial charge < -0.3 is 10.0 Å². The molecule has 0 aliphatic carbocycles. The highest BCUT2D eigenvalue weighted by Crippen LogP contribution is 2.32. The summed E-state index contributed by atoms with van der Waals surface area (Å²) >= 11 is 1.62. The van der Waals surface area contributed by atoms with Crippen LogP contribution in [0.25, 0.3) is 0 Å². The smallest absolute Gasteiger partial charge is 0.132 e. The Hall–Kier alpha value is -1.46. The number of anilines is 1. The standard InChI is InChI=1S/C16H21N3OS/c1-11-9-16(18-12(2)17-11)19-7-3-5-13(19)10-14(20)15-6-4-8-21-15/h4,6,8-9,13-14,20H,3,5,7,10H2,1-2H3. The van der Waals surface area contributed by atoms with Crippen LogP contribution < -0.4 is 4.90 Å². The Bertz CT molecular complexity index is 579. The van der Waals surface area contributed by atoms with Gasteiger partial charge in [0.25, 0.3) is 0 Å². The van der Waals surface area contributed by atoms with Crippen LogP contribution in [0.5, 0.6) is 0 Å². The molecule has 2 aromatic rings. The first-order valence-electron chi connectivity index (χ1n) is 7.44. The van der Waals surface area contributed by atoms with Crippen LogP contribution in [0.4, 0.5) is 5.82 Å². The van der Waals surface area contributed by atoms with Crippen LogP contribution in [0.3, 0.4) is 0 Å². The van der Waals surface area contributed by atoms with E-state index in [4.69, 9.17) is 0 Å². The maximum Gasteiger partial charge on any atom is 0.132 e. The molecule has 0 aromatic carbocycles. The first-order valence-corrected chi connectivity index (χ1v) is 8.32. The van der Waals surface area contributed by atoms with Crippen molar-refractivity contribution in [1.82, 2.24) is 9.97 Å². The van der Waals surface area contributed by atoms with Gasteiger partial charge in [-0.1, -0.05) is 6.07 Å². The van der Waals surface area contributed by atoms with E-state index in [-0.39, 0.29) is 6.10 Å². The van der Waals surface area contributed by atoms with Crippen LogP contribution in [-0.2, 0) is 0 Å². The van der Waals surface area contributed by atoms with Crippen LogP contribution in [0, 0.1) is 13.8 Å². The maximum atomic E-state index is 10.4. The van der Waals surface area contributed by atoms with Crippen LogP contribution in [0.1, 0.15) is 41.8 Å². The third-order valence-electron chi connectivity index (χ3n) is 3.99. The van der Waals surface area contributed by atoms with Gasteiger partial charge >= 0.3 is 0 Å². The summed E-state index contributed by atoms with van der Waals surface area (Å²) in [7, 11) is 0. The molecule has 3 heterocycles. The van der Waals surface area contributed by atoms with E-state index in [2.05, 4.69) is 14.9 Å². The zero-order chi connectivity index (χ0) is 14.8. The van der Waals surface area contributed by atoms with E-state index in [1.54, 1.807) is 11.3 Å². The lowest BCUT2D eigenvalue weighted by atomic mass is 10.1. The monoisotopic (exact) mass is 303 g/mol. The molecule has 4 nitrogen and oxygen atoms in total. The van der Waals surface area contributed by atoms with Crippen LogP contribution >= 0.6 is 11.3 Å². The zero-order valence-electron chi connectivity index (χ0n) is 12.5. The molecule has 2 atom stereocenters. The number of aliphatic hydroxyl groups excluding tert-OH is 1. The zero-order valence-corrected chi connectivity index (χ0v) is 13.3. The first kappa shape index (κ1) is 14.5. The SMILES string of the molecule is Cc1cc(N2CCCC2CC(O)c2cccs2)nc(C)n1. The van der Waals surface area contributed by atoms with Crippen molar-refractivity contribution in [2.24, 2.45) is 0 Å². The Kier molecular flexibility index (Phi) is 4.22. The molecule has 1 fully saturated rings. The second kappa shape index (κ2) is 6.12. The number of aryl methyl sites for hydroxylation is 2. The van der Waals surface area contributed by atoms with E-state index in [1.165, 1.54) is 0 Å². The minimum atomic E-state index is -0.375. The van der Waals surface area contributed by atoms with Crippen molar-refractivity contribution in [3.63, 3.8) is 0 Å². The van der Waals surface area contributed by atoms with Gasteiger partial charge in [-0.05, 0) is 44.6 Å². The second-order valence-corrected chi connectivity index (χ2v) is 6.65. The lowest BCUT2D eigenvalue weighted by molar-refractivity contribution is 0.161. The topological polar surface area (TPSA) is 49.2 Å². The molecule has 5 heteroatoms. The van der Waals surface area contributed by atoms with Crippen molar-refractivity contribution >= 4 is 17.2 Å². The minimum absolute atomic E-state index is 0.357. The number of aliphatic hydroxyl groups is 1. The van der Waals surface area contributed by atoms with E-state index in [9.17, 15) is 5.11 Å². The van der Waals surface area contributed by atoms with Gasteiger partial charge in [0.15, 0.2) is 0 Å². The molecule has 1 N–H and O–H groups in total. The average molecular weight is 303 g/mol. The molecule has 2 unspecified atom stereocenters. The van der Waals surface area contributed by atoms with Gasteiger partial charge in [-0.2, -0.15) is 0 Å². The number of hydrogen-bond donors (Lipinski definition) is 1. The summed E-state index contributed by atoms with van der Waals surface area (Å²) < 4.78 is 0. The normalized spacial score (nSPS) is 20.0. The summed E-state index contributed by atoms with van der Waals surface area (Å²) in [5.74, 6) is 1.82. The number of aromatic nitrogens is 2. The van der Waals surface area contributed by atoms with Crippen molar-refractivity contribution in [2.75, 3.05) is 11.4 Å². The molecule has 1 saturated heterocycles. The Morgan fingerprint density at radius 1 is 1.43 bits per heavy atom. The number of thiophene rings is 1. The molecule has 0 saturated carbocycles. The van der Waals surface area contributed by atoms with Crippen LogP contribution in [0.2, 0.25) is 0 Å². The lowest BCUT2D eigenvalue weighted by Crippen LogP contribution is -2.31. The molecule has 1 aliphatic rings. The quantitative estimate of drug-likeness (QED) is 0.942. The number of rotatable bonds is 4. The summed E-state index contributed by atoms with van der Waals surface area (Å²) in [6.45, 7) is 4.95. The van der Waals surface area contributed by atoms with Crippen molar-refractivity contribution < 1.29 is 5.11 Å². The third-order valence-corrected chi connectivity index (χ3v) is 4.96. The van der Waals surface area contributed by atoms with Gasteiger partial charge in [-0.15, -0.1) is 11.3 Å². The van der Waals surface area contributed by atoms with E-state index < -0.39 is 0 Å². The lowest BCUT2D eigenvalue weighted by Gasteiger charge is -2.27. The maximum absolute atomic E-state index is 10.4. The third kappa shape index (κ3) is 3.24. The number of nitrogens with zero attached hydrogens (tertiary/aromatic N) is 3. The minimum Gasteiger partial charge on any atom is -0.387 e. The van der Waals surface area contributed by atoms with Crippen molar-refractivity contribution in [3.05, 3.63) is 40.0 Å². The molecule has 2 aromatic heterocycles. The Morgan fingerprint density at radius 3 is 3.00 bits per heavy atom. The Balaban J connectivity index is 1.76. The molecule has 0 amide bonds. The fourth-order valence-electron chi connectivity index (χ4n) is 3.08. The molecule has 1 aliphatic heterocycles. The fraction of sp³-hybridized carbons (Fsp3) is 0.500. The Labute approximate surface area is 129 Å². The molecule has 0 spiro atoms. The van der Waals surface area contributed by atoms with E-state index >= 15 is 0 Å². The second-order valence-electron chi connectivity index (χ2n) is 5.67. The van der Waals surface area contributed by atoms with Gasteiger partial charge in [0.1, 0.15) is 11.6 Å². The highest BCUT2D eigenvalue weighted by molar-refractivity contribution is 7.10. The first-order chi connectivity index (χ1) is 10.1. The van der Waals surface area contributed by atoms with Crippen LogP contribution in [-0.4, -0.2) is 27.7 Å². The van der Waals surface area contributed by atoms with E-state index in [0.29, 0.717) is 6.04 Å². The predicted octanol–water partition coefficient (Wildman–Crippen LogP) is 3.25. The molecular formula is C16H21N3OS. The summed E-state index contributed by atoms with van der Waals surface area (Å²) in [6.07, 6.45) is 2.66. The van der Waals surface area contributed by atoms with Crippen molar-refractivity contribution in [1.29, 1.82) is 0 Å². The molecule has 21 heavy (non-hydrogen) atoms. The highest BCUT2D eigenvalue weighted by Gasteiger charge is 2.28.